The lowest BCUT2D eigenvalue weighted by Crippen LogP contribution is -2.55. The van der Waals surface area contributed by atoms with Crippen LogP contribution in [-0.2, 0) is 4.79 Å². The first-order valence-corrected chi connectivity index (χ1v) is 8.15. The van der Waals surface area contributed by atoms with E-state index in [-0.39, 0.29) is 6.04 Å². The van der Waals surface area contributed by atoms with E-state index in [1.165, 1.54) is 25.7 Å². The maximum absolute atomic E-state index is 12.5. The number of piperazine rings is 1. The Balaban J connectivity index is 1.51. The van der Waals surface area contributed by atoms with Crippen molar-refractivity contribution in [3.05, 3.63) is 12.2 Å². The summed E-state index contributed by atoms with van der Waals surface area (Å²) in [5, 5.41) is 0. The summed E-state index contributed by atoms with van der Waals surface area (Å²) in [6, 6.07) is 0.770. The summed E-state index contributed by atoms with van der Waals surface area (Å²) in [5.41, 5.74) is 0. The Morgan fingerprint density at radius 3 is 2.45 bits per heavy atom. The molecule has 2 aliphatic heterocycles. The van der Waals surface area contributed by atoms with Crippen LogP contribution < -0.4 is 0 Å². The van der Waals surface area contributed by atoms with Crippen LogP contribution in [0.15, 0.2) is 12.2 Å². The van der Waals surface area contributed by atoms with Gasteiger partial charge in [0.2, 0.25) is 5.91 Å². The van der Waals surface area contributed by atoms with E-state index in [9.17, 15) is 4.79 Å². The molecule has 2 heterocycles. The number of rotatable bonds is 2. The van der Waals surface area contributed by atoms with Crippen LogP contribution in [0.5, 0.6) is 0 Å². The molecular weight excluding hydrogens is 250 g/mol. The van der Waals surface area contributed by atoms with Gasteiger partial charge >= 0.3 is 0 Å². The van der Waals surface area contributed by atoms with Crippen LogP contribution in [0.1, 0.15) is 32.1 Å². The molecule has 112 valence electrons. The quantitative estimate of drug-likeness (QED) is 0.713. The van der Waals surface area contributed by atoms with Crippen LogP contribution in [0.2, 0.25) is 0 Å². The standard InChI is InChI=1S/C16H27N3O/c1-17-9-5-8-15(17)16(20)19-12-10-18(11-13-19)14-6-3-2-4-7-14/h3,6,14-15H,2,4-5,7-13H2,1H3/t14-,15+/m1/s1. The third-order valence-corrected chi connectivity index (χ3v) is 5.13. The van der Waals surface area contributed by atoms with Gasteiger partial charge in [-0.2, -0.15) is 0 Å². The Hall–Kier alpha value is -0.870. The fraction of sp³-hybridized carbons (Fsp3) is 0.812. The molecule has 2 atom stereocenters. The molecule has 0 aromatic rings. The van der Waals surface area contributed by atoms with Crippen molar-refractivity contribution < 1.29 is 4.79 Å². The van der Waals surface area contributed by atoms with Crippen molar-refractivity contribution in [1.82, 2.24) is 14.7 Å². The highest BCUT2D eigenvalue weighted by atomic mass is 16.2. The zero-order valence-electron chi connectivity index (χ0n) is 12.6. The summed E-state index contributed by atoms with van der Waals surface area (Å²) in [4.78, 5) is 19.4. The van der Waals surface area contributed by atoms with Gasteiger partial charge in [0.05, 0.1) is 6.04 Å². The molecule has 4 heteroatoms. The molecule has 0 bridgehead atoms. The summed E-state index contributed by atoms with van der Waals surface area (Å²) in [6.07, 6.45) is 10.7. The normalized spacial score (nSPS) is 32.8. The Labute approximate surface area is 122 Å². The fourth-order valence-electron chi connectivity index (χ4n) is 3.81. The second-order valence-corrected chi connectivity index (χ2v) is 6.43. The van der Waals surface area contributed by atoms with Gasteiger partial charge in [0, 0.05) is 32.2 Å². The first kappa shape index (κ1) is 14.1. The number of amides is 1. The van der Waals surface area contributed by atoms with Crippen molar-refractivity contribution in [2.75, 3.05) is 39.8 Å². The second-order valence-electron chi connectivity index (χ2n) is 6.43. The number of carbonyl (C=O) groups is 1. The van der Waals surface area contributed by atoms with Crippen LogP contribution in [0.25, 0.3) is 0 Å². The fourth-order valence-corrected chi connectivity index (χ4v) is 3.81. The molecule has 0 unspecified atom stereocenters. The van der Waals surface area contributed by atoms with Crippen molar-refractivity contribution in [2.24, 2.45) is 0 Å². The average molecular weight is 277 g/mol. The van der Waals surface area contributed by atoms with E-state index >= 15 is 0 Å². The maximum atomic E-state index is 12.5. The molecule has 0 radical (unpaired) electrons. The third-order valence-electron chi connectivity index (χ3n) is 5.13. The van der Waals surface area contributed by atoms with Gasteiger partial charge in [-0.15, -0.1) is 0 Å². The third kappa shape index (κ3) is 2.91. The van der Waals surface area contributed by atoms with E-state index < -0.39 is 0 Å². The lowest BCUT2D eigenvalue weighted by atomic mass is 10.0. The Kier molecular flexibility index (Phi) is 4.41. The van der Waals surface area contributed by atoms with Gasteiger partial charge in [0.1, 0.15) is 0 Å². The van der Waals surface area contributed by atoms with Gasteiger partial charge in [-0.3, -0.25) is 14.6 Å². The van der Waals surface area contributed by atoms with Gasteiger partial charge in [0.15, 0.2) is 0 Å². The van der Waals surface area contributed by atoms with Gasteiger partial charge in [-0.25, -0.2) is 0 Å². The number of likely N-dealkylation sites (tertiary alicyclic amines) is 1. The van der Waals surface area contributed by atoms with Crippen molar-refractivity contribution in [3.63, 3.8) is 0 Å². The number of hydrogen-bond acceptors (Lipinski definition) is 3. The van der Waals surface area contributed by atoms with Crippen molar-refractivity contribution in [1.29, 1.82) is 0 Å². The summed E-state index contributed by atoms with van der Waals surface area (Å²) in [6.45, 7) is 4.97. The van der Waals surface area contributed by atoms with Crippen molar-refractivity contribution in [2.45, 2.75) is 44.2 Å². The molecule has 1 aliphatic carbocycles. The molecule has 2 saturated heterocycles. The van der Waals surface area contributed by atoms with E-state index in [1.54, 1.807) is 0 Å². The molecule has 3 aliphatic rings. The molecule has 1 amide bonds. The molecule has 0 aromatic carbocycles. The minimum atomic E-state index is 0.149. The number of nitrogens with zero attached hydrogens (tertiary/aromatic N) is 3. The first-order chi connectivity index (χ1) is 9.75. The second kappa shape index (κ2) is 6.27. The molecule has 0 N–H and O–H groups in total. The topological polar surface area (TPSA) is 26.8 Å². The highest BCUT2D eigenvalue weighted by Crippen LogP contribution is 2.21. The summed E-state index contributed by atoms with van der Waals surface area (Å²) in [5.74, 6) is 0.365. The zero-order valence-corrected chi connectivity index (χ0v) is 12.6. The molecule has 4 nitrogen and oxygen atoms in total. The van der Waals surface area contributed by atoms with Crippen LogP contribution >= 0.6 is 0 Å². The molecule has 0 saturated carbocycles. The summed E-state index contributed by atoms with van der Waals surface area (Å²) in [7, 11) is 2.08. The number of likely N-dealkylation sites (N-methyl/N-ethyl adjacent to an activating group) is 1. The predicted octanol–water partition coefficient (Wildman–Crippen LogP) is 1.33. The Morgan fingerprint density at radius 2 is 1.85 bits per heavy atom. The van der Waals surface area contributed by atoms with Gasteiger partial charge in [-0.05, 0) is 45.7 Å². The molecule has 20 heavy (non-hydrogen) atoms. The minimum Gasteiger partial charge on any atom is -0.339 e. The molecule has 3 rings (SSSR count). The van der Waals surface area contributed by atoms with Crippen LogP contribution in [0.3, 0.4) is 0 Å². The zero-order chi connectivity index (χ0) is 13.9. The lowest BCUT2D eigenvalue weighted by molar-refractivity contribution is -0.137. The summed E-state index contributed by atoms with van der Waals surface area (Å²) >= 11 is 0. The Morgan fingerprint density at radius 1 is 1.05 bits per heavy atom. The van der Waals surface area contributed by atoms with E-state index in [0.717, 1.165) is 39.1 Å². The largest absolute Gasteiger partial charge is 0.339 e. The van der Waals surface area contributed by atoms with E-state index in [0.29, 0.717) is 11.9 Å². The monoisotopic (exact) mass is 277 g/mol. The number of allylic oxidation sites excluding steroid dienone is 1. The molecular formula is C16H27N3O. The van der Waals surface area contributed by atoms with Gasteiger partial charge in [0.25, 0.3) is 0 Å². The highest BCUT2D eigenvalue weighted by Gasteiger charge is 2.33. The number of carbonyl (C=O) groups excluding carboxylic acids is 1. The molecule has 0 aromatic heterocycles. The van der Waals surface area contributed by atoms with E-state index in [4.69, 9.17) is 0 Å². The molecule has 0 spiro atoms. The average Bonchev–Trinajstić information content (AvgIpc) is 2.94. The van der Waals surface area contributed by atoms with Crippen molar-refractivity contribution >= 4 is 5.91 Å². The predicted molar refractivity (Wildman–Crippen MR) is 80.6 cm³/mol. The maximum Gasteiger partial charge on any atom is 0.240 e. The van der Waals surface area contributed by atoms with Gasteiger partial charge < -0.3 is 4.90 Å². The SMILES string of the molecule is CN1CCC[C@H]1C(=O)N1CCN([C@@H]2C=CCCC2)CC1. The number of hydrogen-bond donors (Lipinski definition) is 0. The smallest absolute Gasteiger partial charge is 0.240 e. The van der Waals surface area contributed by atoms with Gasteiger partial charge in [-0.1, -0.05) is 12.2 Å². The van der Waals surface area contributed by atoms with E-state index in [1.807, 2.05) is 0 Å². The highest BCUT2D eigenvalue weighted by molar-refractivity contribution is 5.82. The molecule has 2 fully saturated rings. The van der Waals surface area contributed by atoms with Crippen LogP contribution in [0.4, 0.5) is 0 Å². The van der Waals surface area contributed by atoms with Crippen LogP contribution in [-0.4, -0.2) is 72.5 Å². The Bertz CT molecular complexity index is 374. The van der Waals surface area contributed by atoms with Crippen LogP contribution in [0, 0.1) is 0 Å². The van der Waals surface area contributed by atoms with Crippen molar-refractivity contribution in [3.8, 4) is 0 Å². The minimum absolute atomic E-state index is 0.149. The van der Waals surface area contributed by atoms with E-state index in [2.05, 4.69) is 33.9 Å². The first-order valence-electron chi connectivity index (χ1n) is 8.15. The lowest BCUT2D eigenvalue weighted by Gasteiger charge is -2.40. The summed E-state index contributed by atoms with van der Waals surface area (Å²) < 4.78 is 0.